The zero-order valence-corrected chi connectivity index (χ0v) is 16.0. The lowest BCUT2D eigenvalue weighted by atomic mass is 10.1. The molecule has 0 spiro atoms. The van der Waals surface area contributed by atoms with Gasteiger partial charge in [-0.25, -0.2) is 0 Å². The first-order valence-electron chi connectivity index (χ1n) is 6.78. The van der Waals surface area contributed by atoms with Crippen molar-refractivity contribution in [3.05, 3.63) is 69.2 Å². The van der Waals surface area contributed by atoms with Crippen molar-refractivity contribution in [3.8, 4) is 6.07 Å². The second-order valence-electron chi connectivity index (χ2n) is 4.81. The molecule has 0 bridgehead atoms. The molecule has 0 aliphatic heterocycles. The molecule has 2 aromatic rings. The van der Waals surface area contributed by atoms with Crippen LogP contribution in [0.25, 0.3) is 9.34 Å². The van der Waals surface area contributed by atoms with E-state index in [-0.39, 0.29) is 21.4 Å². The fraction of sp³-hybridized carbons (Fsp3) is 0.118. The van der Waals surface area contributed by atoms with Crippen molar-refractivity contribution in [1.82, 2.24) is 0 Å². The van der Waals surface area contributed by atoms with Gasteiger partial charge in [0.05, 0.1) is 25.3 Å². The molecule has 0 aromatic heterocycles. The van der Waals surface area contributed by atoms with Gasteiger partial charge in [-0.1, -0.05) is 47.5 Å². The molecular weight excluding hydrogens is 489 g/mol. The van der Waals surface area contributed by atoms with Crippen molar-refractivity contribution in [1.29, 1.82) is 5.26 Å². The van der Waals surface area contributed by atoms with Gasteiger partial charge in [0.25, 0.3) is 0 Å². The lowest BCUT2D eigenvalue weighted by molar-refractivity contribution is -0.158. The number of rotatable bonds is 4. The number of benzene rings is 2. The molecule has 8 heteroatoms. The van der Waals surface area contributed by atoms with Crippen LogP contribution in [0, 0.1) is 11.3 Å². The van der Waals surface area contributed by atoms with E-state index in [0.29, 0.717) is 14.7 Å². The van der Waals surface area contributed by atoms with Crippen LogP contribution in [0.5, 0.6) is 0 Å². The second-order valence-corrected chi connectivity index (χ2v) is 6.67. The molecule has 0 amide bonds. The van der Waals surface area contributed by atoms with Gasteiger partial charge in [0.2, 0.25) is 0 Å². The maximum Gasteiger partial charge on any atom is 0.422 e. The minimum absolute atomic E-state index is 0.0740. The van der Waals surface area contributed by atoms with Crippen molar-refractivity contribution < 1.29 is 17.9 Å². The van der Waals surface area contributed by atoms with E-state index < -0.39 is 12.8 Å². The van der Waals surface area contributed by atoms with E-state index >= 15 is 0 Å². The smallest absolute Gasteiger partial charge is 0.422 e. The standard InChI is InChI=1S/C17H9Cl2F3INO/c18-13-7-3-6-12(14(13)19)16(25-9-17(20,21)22)15(23)11-5-2-1-4-10(11)8-24/h1-7H,9H2. The number of hydrogen-bond donors (Lipinski definition) is 0. The molecule has 2 rings (SSSR count). The van der Waals surface area contributed by atoms with Crippen LogP contribution in [0.4, 0.5) is 13.2 Å². The zero-order valence-electron chi connectivity index (χ0n) is 12.4. The average molecular weight is 498 g/mol. The van der Waals surface area contributed by atoms with Gasteiger partial charge in [-0.3, -0.25) is 0 Å². The number of alkyl halides is 3. The van der Waals surface area contributed by atoms with Crippen molar-refractivity contribution in [2.24, 2.45) is 0 Å². The molecule has 2 nitrogen and oxygen atoms in total. The number of hydrogen-bond acceptors (Lipinski definition) is 2. The van der Waals surface area contributed by atoms with Crippen LogP contribution in [0.15, 0.2) is 42.5 Å². The van der Waals surface area contributed by atoms with Crippen LogP contribution in [0.1, 0.15) is 16.7 Å². The highest BCUT2D eigenvalue weighted by molar-refractivity contribution is 14.1. The van der Waals surface area contributed by atoms with E-state index in [2.05, 4.69) is 0 Å². The van der Waals surface area contributed by atoms with Crippen LogP contribution >= 0.6 is 45.8 Å². The highest BCUT2D eigenvalue weighted by Gasteiger charge is 2.30. The van der Waals surface area contributed by atoms with Crippen molar-refractivity contribution in [2.45, 2.75) is 6.18 Å². The van der Waals surface area contributed by atoms with Gasteiger partial charge in [0.1, 0.15) is 5.76 Å². The molecule has 0 aliphatic rings. The summed E-state index contributed by atoms with van der Waals surface area (Å²) in [6.45, 7) is -1.49. The molecule has 0 saturated carbocycles. The third-order valence-corrected chi connectivity index (χ3v) is 4.95. The summed E-state index contributed by atoms with van der Waals surface area (Å²) in [5, 5.41) is 9.49. The Bertz CT molecular complexity index is 860. The summed E-state index contributed by atoms with van der Waals surface area (Å²) in [6.07, 6.45) is -4.53. The fourth-order valence-corrected chi connectivity index (χ4v) is 3.29. The maximum absolute atomic E-state index is 12.7. The van der Waals surface area contributed by atoms with E-state index in [9.17, 15) is 18.4 Å². The second kappa shape index (κ2) is 8.30. The average Bonchev–Trinajstić information content (AvgIpc) is 2.57. The number of nitriles is 1. The quantitative estimate of drug-likeness (QED) is 0.267. The molecule has 0 fully saturated rings. The van der Waals surface area contributed by atoms with Gasteiger partial charge in [-0.05, 0) is 40.8 Å². The van der Waals surface area contributed by atoms with Crippen LogP contribution in [0.2, 0.25) is 10.0 Å². The monoisotopic (exact) mass is 497 g/mol. The molecule has 0 radical (unpaired) electrons. The van der Waals surface area contributed by atoms with Gasteiger partial charge in [0.15, 0.2) is 6.61 Å². The Morgan fingerprint density at radius 2 is 1.72 bits per heavy atom. The van der Waals surface area contributed by atoms with Crippen molar-refractivity contribution >= 4 is 55.1 Å². The fourth-order valence-electron chi connectivity index (χ4n) is 1.99. The minimum atomic E-state index is -4.53. The number of ether oxygens (including phenoxy) is 1. The molecule has 0 atom stereocenters. The van der Waals surface area contributed by atoms with Crippen LogP contribution in [-0.4, -0.2) is 12.8 Å². The molecule has 0 aliphatic carbocycles. The Labute approximate surface area is 165 Å². The Balaban J connectivity index is 2.65. The third-order valence-electron chi connectivity index (χ3n) is 3.06. The molecule has 25 heavy (non-hydrogen) atoms. The molecule has 0 saturated heterocycles. The summed E-state index contributed by atoms with van der Waals surface area (Å²) in [4.78, 5) is 0. The molecule has 0 heterocycles. The molecule has 0 unspecified atom stereocenters. The van der Waals surface area contributed by atoms with E-state index in [4.69, 9.17) is 27.9 Å². The Hall–Kier alpha value is -1.43. The Kier molecular flexibility index (Phi) is 6.60. The zero-order chi connectivity index (χ0) is 18.6. The summed E-state index contributed by atoms with van der Waals surface area (Å²) in [7, 11) is 0. The Morgan fingerprint density at radius 3 is 2.36 bits per heavy atom. The summed E-state index contributed by atoms with van der Waals surface area (Å²) in [5.74, 6) is -0.0897. The normalized spacial score (nSPS) is 12.4. The lowest BCUT2D eigenvalue weighted by Crippen LogP contribution is -2.16. The van der Waals surface area contributed by atoms with Gasteiger partial charge >= 0.3 is 6.18 Å². The summed E-state index contributed by atoms with van der Waals surface area (Å²) >= 11 is 14.0. The number of halogens is 6. The van der Waals surface area contributed by atoms with E-state index in [1.165, 1.54) is 12.1 Å². The highest BCUT2D eigenvalue weighted by atomic mass is 127. The first kappa shape index (κ1) is 19.9. The first-order valence-corrected chi connectivity index (χ1v) is 8.61. The first-order chi connectivity index (χ1) is 11.7. The SMILES string of the molecule is N#Cc1ccccc1C(I)=C(OCC(F)(F)F)c1cccc(Cl)c1Cl. The molecular formula is C17H9Cl2F3INO. The largest absolute Gasteiger partial charge is 0.482 e. The number of nitrogens with zero attached hydrogens (tertiary/aromatic N) is 1. The summed E-state index contributed by atoms with van der Waals surface area (Å²) in [6, 6.07) is 13.1. The molecule has 130 valence electrons. The topological polar surface area (TPSA) is 33.0 Å². The third kappa shape index (κ3) is 5.03. The van der Waals surface area contributed by atoms with E-state index in [1.54, 1.807) is 30.3 Å². The van der Waals surface area contributed by atoms with Crippen LogP contribution in [-0.2, 0) is 4.74 Å². The Morgan fingerprint density at radius 1 is 1.08 bits per heavy atom. The van der Waals surface area contributed by atoms with Crippen molar-refractivity contribution in [2.75, 3.05) is 6.61 Å². The summed E-state index contributed by atoms with van der Waals surface area (Å²) < 4.78 is 43.3. The predicted molar refractivity (Wildman–Crippen MR) is 100 cm³/mol. The van der Waals surface area contributed by atoms with E-state index in [0.717, 1.165) is 0 Å². The molecule has 2 aromatic carbocycles. The molecule has 0 N–H and O–H groups in total. The van der Waals surface area contributed by atoms with E-state index in [1.807, 2.05) is 28.7 Å². The van der Waals surface area contributed by atoms with Gasteiger partial charge in [-0.2, -0.15) is 18.4 Å². The predicted octanol–water partition coefficient (Wildman–Crippen LogP) is 6.70. The summed E-state index contributed by atoms with van der Waals surface area (Å²) in [5.41, 5.74) is 0.965. The van der Waals surface area contributed by atoms with Gasteiger partial charge in [-0.15, -0.1) is 0 Å². The highest BCUT2D eigenvalue weighted by Crippen LogP contribution is 2.39. The van der Waals surface area contributed by atoms with Gasteiger partial charge < -0.3 is 4.74 Å². The van der Waals surface area contributed by atoms with Crippen LogP contribution in [0.3, 0.4) is 0 Å². The lowest BCUT2D eigenvalue weighted by Gasteiger charge is -2.17. The van der Waals surface area contributed by atoms with Gasteiger partial charge in [0, 0.05) is 11.1 Å². The van der Waals surface area contributed by atoms with Crippen molar-refractivity contribution in [3.63, 3.8) is 0 Å². The van der Waals surface area contributed by atoms with Crippen LogP contribution < -0.4 is 0 Å². The minimum Gasteiger partial charge on any atom is -0.482 e. The maximum atomic E-state index is 12.7.